The highest BCUT2D eigenvalue weighted by Crippen LogP contribution is 2.20. The maximum Gasteiger partial charge on any atom is 0.119 e. The normalized spacial score (nSPS) is 10.0. The molecule has 0 aliphatic heterocycles. The van der Waals surface area contributed by atoms with E-state index in [4.69, 9.17) is 16.9 Å². The lowest BCUT2D eigenvalue weighted by atomic mass is 10.1. The molecule has 0 saturated heterocycles. The molecule has 0 aliphatic rings. The number of hydrogen-bond donors (Lipinski definition) is 1. The molecule has 0 atom stereocenters. The Bertz CT molecular complexity index is 368. The molecule has 0 unspecified atom stereocenters. The minimum Gasteiger partial charge on any atom is -0.497 e. The highest BCUT2D eigenvalue weighted by molar-refractivity contribution is 5.50. The van der Waals surface area contributed by atoms with Gasteiger partial charge in [-0.05, 0) is 30.8 Å². The van der Waals surface area contributed by atoms with Crippen molar-refractivity contribution >= 4 is 5.69 Å². The molecule has 3 nitrogen and oxygen atoms in total. The maximum atomic E-state index is 5.85. The van der Waals surface area contributed by atoms with Crippen LogP contribution in [-0.2, 0) is 6.54 Å². The standard InChI is InChI=1S/C12H16N2O/c1-4-7-14(2)9-10-8-11(15-3)5-6-12(10)13/h1,5-6,8H,7,9,13H2,2-3H3. The van der Waals surface area contributed by atoms with E-state index >= 15 is 0 Å². The third-order valence-corrected chi connectivity index (χ3v) is 2.15. The summed E-state index contributed by atoms with van der Waals surface area (Å²) in [5.74, 6) is 3.40. The van der Waals surface area contributed by atoms with Gasteiger partial charge in [-0.1, -0.05) is 5.92 Å². The summed E-state index contributed by atoms with van der Waals surface area (Å²) < 4.78 is 5.14. The van der Waals surface area contributed by atoms with E-state index in [0.29, 0.717) is 6.54 Å². The molecular formula is C12H16N2O. The summed E-state index contributed by atoms with van der Waals surface area (Å²) in [6.45, 7) is 1.34. The second-order valence-electron chi connectivity index (χ2n) is 3.44. The minimum absolute atomic E-state index is 0.608. The van der Waals surface area contributed by atoms with Crippen molar-refractivity contribution in [1.82, 2.24) is 4.90 Å². The lowest BCUT2D eigenvalue weighted by Gasteiger charge is -2.15. The van der Waals surface area contributed by atoms with Crippen LogP contribution in [0.2, 0.25) is 0 Å². The molecule has 1 aromatic carbocycles. The molecule has 15 heavy (non-hydrogen) atoms. The Morgan fingerprint density at radius 2 is 2.27 bits per heavy atom. The number of nitrogens with zero attached hydrogens (tertiary/aromatic N) is 1. The zero-order chi connectivity index (χ0) is 11.3. The third kappa shape index (κ3) is 3.19. The molecule has 0 aliphatic carbocycles. The number of nitrogen functional groups attached to an aromatic ring is 1. The Hall–Kier alpha value is -1.66. The van der Waals surface area contributed by atoms with E-state index in [2.05, 4.69) is 5.92 Å². The average molecular weight is 204 g/mol. The second-order valence-corrected chi connectivity index (χ2v) is 3.44. The van der Waals surface area contributed by atoms with Gasteiger partial charge in [-0.15, -0.1) is 6.42 Å². The number of anilines is 1. The van der Waals surface area contributed by atoms with E-state index in [1.54, 1.807) is 7.11 Å². The first kappa shape index (κ1) is 11.4. The van der Waals surface area contributed by atoms with Gasteiger partial charge >= 0.3 is 0 Å². The number of methoxy groups -OCH3 is 1. The van der Waals surface area contributed by atoms with Crippen LogP contribution in [0.1, 0.15) is 5.56 Å². The summed E-state index contributed by atoms with van der Waals surface area (Å²) in [5.41, 5.74) is 7.65. The van der Waals surface area contributed by atoms with Gasteiger partial charge in [0.2, 0.25) is 0 Å². The van der Waals surface area contributed by atoms with Gasteiger partial charge in [0.25, 0.3) is 0 Å². The van der Waals surface area contributed by atoms with Crippen LogP contribution in [0.3, 0.4) is 0 Å². The van der Waals surface area contributed by atoms with E-state index in [1.165, 1.54) is 0 Å². The smallest absolute Gasteiger partial charge is 0.119 e. The highest BCUT2D eigenvalue weighted by atomic mass is 16.5. The van der Waals surface area contributed by atoms with Crippen molar-refractivity contribution in [3.63, 3.8) is 0 Å². The molecule has 0 radical (unpaired) electrons. The Kier molecular flexibility index (Phi) is 4.02. The number of hydrogen-bond acceptors (Lipinski definition) is 3. The van der Waals surface area contributed by atoms with Crippen molar-refractivity contribution in [3.05, 3.63) is 23.8 Å². The zero-order valence-electron chi connectivity index (χ0n) is 9.16. The monoisotopic (exact) mass is 204 g/mol. The van der Waals surface area contributed by atoms with Gasteiger partial charge in [-0.3, -0.25) is 4.90 Å². The van der Waals surface area contributed by atoms with Crippen molar-refractivity contribution in [2.75, 3.05) is 26.4 Å². The SMILES string of the molecule is C#CCN(C)Cc1cc(OC)ccc1N. The number of benzene rings is 1. The summed E-state index contributed by atoms with van der Waals surface area (Å²) in [6, 6.07) is 5.63. The van der Waals surface area contributed by atoms with Crippen LogP contribution in [0.4, 0.5) is 5.69 Å². The van der Waals surface area contributed by atoms with Crippen molar-refractivity contribution in [3.8, 4) is 18.1 Å². The molecule has 2 N–H and O–H groups in total. The van der Waals surface area contributed by atoms with E-state index in [0.717, 1.165) is 23.5 Å². The Balaban J connectivity index is 2.79. The predicted octanol–water partition coefficient (Wildman–Crippen LogP) is 1.34. The summed E-state index contributed by atoms with van der Waals surface area (Å²) in [4.78, 5) is 2.02. The average Bonchev–Trinajstić information content (AvgIpc) is 2.21. The maximum absolute atomic E-state index is 5.85. The molecule has 0 bridgehead atoms. The molecule has 0 fully saturated rings. The fourth-order valence-corrected chi connectivity index (χ4v) is 1.35. The van der Waals surface area contributed by atoms with Crippen molar-refractivity contribution in [1.29, 1.82) is 0 Å². The summed E-state index contributed by atoms with van der Waals surface area (Å²) >= 11 is 0. The van der Waals surface area contributed by atoms with Crippen LogP contribution in [0.25, 0.3) is 0 Å². The first-order valence-electron chi connectivity index (χ1n) is 4.71. The molecule has 0 spiro atoms. The number of nitrogens with two attached hydrogens (primary N) is 1. The van der Waals surface area contributed by atoms with Gasteiger partial charge in [0.15, 0.2) is 0 Å². The number of rotatable bonds is 4. The van der Waals surface area contributed by atoms with Crippen LogP contribution in [0, 0.1) is 12.3 Å². The molecule has 80 valence electrons. The summed E-state index contributed by atoms with van der Waals surface area (Å²) in [5, 5.41) is 0. The summed E-state index contributed by atoms with van der Waals surface area (Å²) in [6.07, 6.45) is 5.23. The molecule has 3 heteroatoms. The highest BCUT2D eigenvalue weighted by Gasteiger charge is 2.04. The number of terminal acetylenes is 1. The second kappa shape index (κ2) is 5.28. The van der Waals surface area contributed by atoms with Gasteiger partial charge in [0.1, 0.15) is 5.75 Å². The van der Waals surface area contributed by atoms with Gasteiger partial charge in [0.05, 0.1) is 13.7 Å². The van der Waals surface area contributed by atoms with Crippen LogP contribution in [-0.4, -0.2) is 25.6 Å². The Morgan fingerprint density at radius 1 is 1.53 bits per heavy atom. The first-order chi connectivity index (χ1) is 7.17. The van der Waals surface area contributed by atoms with E-state index in [9.17, 15) is 0 Å². The lowest BCUT2D eigenvalue weighted by molar-refractivity contribution is 0.367. The minimum atomic E-state index is 0.608. The quantitative estimate of drug-likeness (QED) is 0.594. The van der Waals surface area contributed by atoms with Crippen molar-refractivity contribution < 1.29 is 4.74 Å². The fourth-order valence-electron chi connectivity index (χ4n) is 1.35. The predicted molar refractivity (Wildman–Crippen MR) is 62.6 cm³/mol. The van der Waals surface area contributed by atoms with Gasteiger partial charge in [-0.2, -0.15) is 0 Å². The summed E-state index contributed by atoms with van der Waals surface area (Å²) in [7, 11) is 3.60. The van der Waals surface area contributed by atoms with Gasteiger partial charge in [0, 0.05) is 12.2 Å². The van der Waals surface area contributed by atoms with E-state index in [1.807, 2.05) is 30.1 Å². The Morgan fingerprint density at radius 3 is 2.87 bits per heavy atom. The lowest BCUT2D eigenvalue weighted by Crippen LogP contribution is -2.18. The van der Waals surface area contributed by atoms with Crippen molar-refractivity contribution in [2.24, 2.45) is 0 Å². The molecule has 1 aromatic rings. The molecule has 0 heterocycles. The molecule has 1 rings (SSSR count). The molecule has 0 aromatic heterocycles. The van der Waals surface area contributed by atoms with Crippen LogP contribution in [0.5, 0.6) is 5.75 Å². The number of ether oxygens (including phenoxy) is 1. The van der Waals surface area contributed by atoms with Crippen LogP contribution >= 0.6 is 0 Å². The fraction of sp³-hybridized carbons (Fsp3) is 0.333. The largest absolute Gasteiger partial charge is 0.497 e. The van der Waals surface area contributed by atoms with Crippen LogP contribution < -0.4 is 10.5 Å². The van der Waals surface area contributed by atoms with E-state index in [-0.39, 0.29) is 0 Å². The molecular weight excluding hydrogens is 188 g/mol. The zero-order valence-corrected chi connectivity index (χ0v) is 9.16. The first-order valence-corrected chi connectivity index (χ1v) is 4.71. The van der Waals surface area contributed by atoms with E-state index < -0.39 is 0 Å². The van der Waals surface area contributed by atoms with Crippen molar-refractivity contribution in [2.45, 2.75) is 6.54 Å². The van der Waals surface area contributed by atoms with Gasteiger partial charge < -0.3 is 10.5 Å². The molecule has 0 amide bonds. The topological polar surface area (TPSA) is 38.5 Å². The molecule has 0 saturated carbocycles. The van der Waals surface area contributed by atoms with Gasteiger partial charge in [-0.25, -0.2) is 0 Å². The third-order valence-electron chi connectivity index (χ3n) is 2.15. The van der Waals surface area contributed by atoms with Crippen LogP contribution in [0.15, 0.2) is 18.2 Å². The Labute approximate surface area is 90.8 Å².